The first-order valence-electron chi connectivity index (χ1n) is 5.89. The van der Waals surface area contributed by atoms with Crippen molar-refractivity contribution in [1.82, 2.24) is 4.98 Å². The molecule has 1 unspecified atom stereocenters. The highest BCUT2D eigenvalue weighted by Crippen LogP contribution is 2.25. The maximum atomic E-state index is 9.14. The summed E-state index contributed by atoms with van der Waals surface area (Å²) in [5.74, 6) is 0.948. The van der Waals surface area contributed by atoms with Crippen LogP contribution in [0.25, 0.3) is 0 Å². The van der Waals surface area contributed by atoms with Crippen molar-refractivity contribution in [3.05, 3.63) is 23.9 Å². The first-order chi connectivity index (χ1) is 7.83. The van der Waals surface area contributed by atoms with Crippen LogP contribution in [0.1, 0.15) is 30.9 Å². The Morgan fingerprint density at radius 1 is 1.38 bits per heavy atom. The third-order valence-electron chi connectivity index (χ3n) is 3.07. The Kier molecular flexibility index (Phi) is 3.74. The Morgan fingerprint density at radius 2 is 2.12 bits per heavy atom. The van der Waals surface area contributed by atoms with Gasteiger partial charge in [0.25, 0.3) is 0 Å². The summed E-state index contributed by atoms with van der Waals surface area (Å²) in [6.45, 7) is 2.05. The number of hydrogen-bond acceptors (Lipinski definition) is 4. The van der Waals surface area contributed by atoms with Crippen molar-refractivity contribution in [2.24, 2.45) is 5.73 Å². The number of nitrogens with zero attached hydrogens (tertiary/aromatic N) is 2. The topological polar surface area (TPSA) is 62.4 Å². The summed E-state index contributed by atoms with van der Waals surface area (Å²) in [4.78, 5) is 6.68. The molecule has 1 aromatic rings. The molecule has 1 aromatic heterocycles. The van der Waals surface area contributed by atoms with Gasteiger partial charge in [-0.05, 0) is 25.3 Å². The molecule has 3 N–H and O–H groups in total. The summed E-state index contributed by atoms with van der Waals surface area (Å²) in [5.41, 5.74) is 6.84. The summed E-state index contributed by atoms with van der Waals surface area (Å²) in [5, 5.41) is 9.14. The first kappa shape index (κ1) is 11.4. The normalized spacial score (nSPS) is 18.5. The smallest absolute Gasteiger partial charge is 0.133 e. The summed E-state index contributed by atoms with van der Waals surface area (Å²) in [6, 6.07) is 3.50. The Labute approximate surface area is 96.1 Å². The predicted octanol–water partition coefficient (Wildman–Crippen LogP) is 1.06. The van der Waals surface area contributed by atoms with Crippen molar-refractivity contribution in [3.63, 3.8) is 0 Å². The number of hydrogen-bond donors (Lipinski definition) is 2. The van der Waals surface area contributed by atoms with Crippen molar-refractivity contribution >= 4 is 5.82 Å². The van der Waals surface area contributed by atoms with E-state index >= 15 is 0 Å². The maximum Gasteiger partial charge on any atom is 0.133 e. The molecular formula is C12H19N3O. The molecule has 0 spiro atoms. The number of aliphatic hydroxyl groups is 1. The molecule has 0 aromatic carbocycles. The van der Waals surface area contributed by atoms with Crippen molar-refractivity contribution in [3.8, 4) is 0 Å². The molecule has 0 radical (unpaired) electrons. The lowest BCUT2D eigenvalue weighted by atomic mass is 10.1. The molecule has 1 aliphatic heterocycles. The number of rotatable bonds is 3. The molecule has 1 aliphatic rings. The van der Waals surface area contributed by atoms with E-state index in [4.69, 9.17) is 10.8 Å². The molecule has 16 heavy (non-hydrogen) atoms. The van der Waals surface area contributed by atoms with E-state index < -0.39 is 0 Å². The first-order valence-corrected chi connectivity index (χ1v) is 5.89. The quantitative estimate of drug-likeness (QED) is 0.801. The minimum atomic E-state index is -0.328. The van der Waals surface area contributed by atoms with Gasteiger partial charge in [0, 0.05) is 24.8 Å². The number of pyridine rings is 1. The van der Waals surface area contributed by atoms with Crippen LogP contribution in [0.4, 0.5) is 5.82 Å². The van der Waals surface area contributed by atoms with Crippen molar-refractivity contribution in [2.75, 3.05) is 24.6 Å². The lowest BCUT2D eigenvalue weighted by Crippen LogP contribution is -2.32. The molecule has 0 saturated carbocycles. The maximum absolute atomic E-state index is 9.14. The van der Waals surface area contributed by atoms with Crippen LogP contribution < -0.4 is 10.6 Å². The molecule has 2 heterocycles. The van der Waals surface area contributed by atoms with E-state index in [1.165, 1.54) is 19.3 Å². The van der Waals surface area contributed by atoms with E-state index in [1.54, 1.807) is 6.20 Å². The second-order valence-corrected chi connectivity index (χ2v) is 4.25. The summed E-state index contributed by atoms with van der Waals surface area (Å²) in [7, 11) is 0. The number of nitrogens with two attached hydrogens (primary N) is 1. The molecule has 0 aliphatic carbocycles. The Balaban J connectivity index is 2.24. The summed E-state index contributed by atoms with van der Waals surface area (Å²) in [6.07, 6.45) is 5.51. The van der Waals surface area contributed by atoms with Crippen LogP contribution >= 0.6 is 0 Å². The second-order valence-electron chi connectivity index (χ2n) is 4.25. The van der Waals surface area contributed by atoms with Gasteiger partial charge in [-0.1, -0.05) is 6.07 Å². The van der Waals surface area contributed by atoms with E-state index in [2.05, 4.69) is 9.88 Å². The summed E-state index contributed by atoms with van der Waals surface area (Å²) >= 11 is 0. The number of piperidine rings is 1. The standard InChI is InChI=1S/C12H19N3O/c13-11(9-16)10-5-4-6-14-12(10)15-7-2-1-3-8-15/h4-6,11,16H,1-3,7-9,13H2. The third-order valence-corrected chi connectivity index (χ3v) is 3.07. The van der Waals surface area contributed by atoms with Crippen LogP contribution in [0.3, 0.4) is 0 Å². The average molecular weight is 221 g/mol. The molecule has 1 fully saturated rings. The molecule has 1 saturated heterocycles. The van der Waals surface area contributed by atoms with Crippen LogP contribution in [0.15, 0.2) is 18.3 Å². The highest BCUT2D eigenvalue weighted by Gasteiger charge is 2.18. The molecule has 2 rings (SSSR count). The zero-order chi connectivity index (χ0) is 11.4. The number of aliphatic hydroxyl groups excluding tert-OH is 1. The van der Waals surface area contributed by atoms with Crippen LogP contribution in [0, 0.1) is 0 Å². The van der Waals surface area contributed by atoms with E-state index in [1.807, 2.05) is 12.1 Å². The second kappa shape index (κ2) is 5.27. The third kappa shape index (κ3) is 2.33. The van der Waals surface area contributed by atoms with Gasteiger partial charge in [0.1, 0.15) is 5.82 Å². The van der Waals surface area contributed by atoms with Gasteiger partial charge in [0.2, 0.25) is 0 Å². The Morgan fingerprint density at radius 3 is 2.81 bits per heavy atom. The van der Waals surface area contributed by atoms with Crippen molar-refractivity contribution in [1.29, 1.82) is 0 Å². The molecule has 0 bridgehead atoms. The van der Waals surface area contributed by atoms with Crippen LogP contribution in [-0.2, 0) is 0 Å². The van der Waals surface area contributed by atoms with E-state index in [-0.39, 0.29) is 12.6 Å². The highest BCUT2D eigenvalue weighted by atomic mass is 16.3. The zero-order valence-electron chi connectivity index (χ0n) is 9.47. The van der Waals surface area contributed by atoms with Gasteiger partial charge < -0.3 is 15.7 Å². The lowest BCUT2D eigenvalue weighted by molar-refractivity contribution is 0.268. The summed E-state index contributed by atoms with van der Waals surface area (Å²) < 4.78 is 0. The molecule has 1 atom stereocenters. The molecule has 88 valence electrons. The highest BCUT2D eigenvalue weighted by molar-refractivity contribution is 5.48. The molecule has 0 amide bonds. The average Bonchev–Trinajstić information content (AvgIpc) is 2.39. The van der Waals surface area contributed by atoms with Crippen LogP contribution in [0.2, 0.25) is 0 Å². The van der Waals surface area contributed by atoms with Crippen molar-refractivity contribution < 1.29 is 5.11 Å². The Bertz CT molecular complexity index is 337. The van der Waals surface area contributed by atoms with Crippen molar-refractivity contribution in [2.45, 2.75) is 25.3 Å². The van der Waals surface area contributed by atoms with Gasteiger partial charge in [-0.3, -0.25) is 0 Å². The van der Waals surface area contributed by atoms with E-state index in [9.17, 15) is 0 Å². The largest absolute Gasteiger partial charge is 0.394 e. The fourth-order valence-electron chi connectivity index (χ4n) is 2.17. The fraction of sp³-hybridized carbons (Fsp3) is 0.583. The van der Waals surface area contributed by atoms with E-state index in [0.29, 0.717) is 0 Å². The van der Waals surface area contributed by atoms with Gasteiger partial charge in [0.05, 0.1) is 12.6 Å². The van der Waals surface area contributed by atoms with Gasteiger partial charge >= 0.3 is 0 Å². The molecule has 4 nitrogen and oxygen atoms in total. The molecule has 4 heteroatoms. The predicted molar refractivity (Wildman–Crippen MR) is 64.3 cm³/mol. The van der Waals surface area contributed by atoms with Crippen LogP contribution in [-0.4, -0.2) is 29.8 Å². The lowest BCUT2D eigenvalue weighted by Gasteiger charge is -2.30. The minimum Gasteiger partial charge on any atom is -0.394 e. The number of aromatic nitrogens is 1. The zero-order valence-corrected chi connectivity index (χ0v) is 9.47. The Hall–Kier alpha value is -1.13. The monoisotopic (exact) mass is 221 g/mol. The van der Waals surface area contributed by atoms with Crippen LogP contribution in [0.5, 0.6) is 0 Å². The number of anilines is 1. The fourth-order valence-corrected chi connectivity index (χ4v) is 2.17. The minimum absolute atomic E-state index is 0.0352. The van der Waals surface area contributed by atoms with Gasteiger partial charge in [0.15, 0.2) is 0 Å². The molecular weight excluding hydrogens is 202 g/mol. The SMILES string of the molecule is NC(CO)c1cccnc1N1CCCCC1. The van der Waals surface area contributed by atoms with Gasteiger partial charge in [-0.15, -0.1) is 0 Å². The van der Waals surface area contributed by atoms with Gasteiger partial charge in [-0.25, -0.2) is 4.98 Å². The van der Waals surface area contributed by atoms with E-state index in [0.717, 1.165) is 24.5 Å². The van der Waals surface area contributed by atoms with Gasteiger partial charge in [-0.2, -0.15) is 0 Å².